The van der Waals surface area contributed by atoms with Crippen LogP contribution in [0, 0.1) is 10.8 Å². The predicted molar refractivity (Wildman–Crippen MR) is 124 cm³/mol. The summed E-state index contributed by atoms with van der Waals surface area (Å²) in [4.78, 5) is 35.4. The Balaban J connectivity index is 2.67. The van der Waals surface area contributed by atoms with Crippen LogP contribution in [0.2, 0.25) is 0 Å². The Morgan fingerprint density at radius 3 is 2.29 bits per heavy atom. The van der Waals surface area contributed by atoms with Crippen LogP contribution in [0.15, 0.2) is 24.3 Å². The third kappa shape index (κ3) is 10.2. The number of hydrogen-bond acceptors (Lipinski definition) is 9. The minimum absolute atomic E-state index is 0.159. The number of nitrogens with one attached hydrogen (secondary N) is 1. The second kappa shape index (κ2) is 12.3. The first-order valence-corrected chi connectivity index (χ1v) is 12.4. The molecule has 34 heavy (non-hydrogen) atoms. The zero-order valence-corrected chi connectivity index (χ0v) is 21.4. The van der Waals surface area contributed by atoms with Gasteiger partial charge in [-0.3, -0.25) is 13.8 Å². The molecule has 1 aromatic rings. The van der Waals surface area contributed by atoms with E-state index in [4.69, 9.17) is 13.7 Å². The number of carbonyl (C=O) groups excluding carboxylic acids is 3. The molecule has 0 unspecified atom stereocenters. The Hall–Kier alpha value is -2.50. The summed E-state index contributed by atoms with van der Waals surface area (Å²) in [5, 5.41) is 12.9. The normalized spacial score (nSPS) is 13.1. The summed E-state index contributed by atoms with van der Waals surface area (Å²) in [6.07, 6.45) is -1.52. The van der Waals surface area contributed by atoms with E-state index in [1.807, 2.05) is 0 Å². The van der Waals surface area contributed by atoms with Gasteiger partial charge in [0.05, 0.1) is 17.8 Å². The third-order valence-corrected chi connectivity index (χ3v) is 5.94. The van der Waals surface area contributed by atoms with Crippen molar-refractivity contribution in [3.05, 3.63) is 29.8 Å². The molecule has 0 saturated carbocycles. The van der Waals surface area contributed by atoms with E-state index < -0.39 is 45.6 Å². The Labute approximate surface area is 201 Å². The minimum atomic E-state index is -3.92. The molecular formula is C23H35NO9S. The average Bonchev–Trinajstić information content (AvgIpc) is 2.73. The minimum Gasteiger partial charge on any atom is -0.459 e. The zero-order chi connectivity index (χ0) is 26.2. The van der Waals surface area contributed by atoms with Crippen LogP contribution in [-0.2, 0) is 40.0 Å². The number of ether oxygens (including phenoxy) is 2. The largest absolute Gasteiger partial charge is 0.459 e. The number of para-hydroxylation sites is 1. The molecule has 11 heteroatoms. The van der Waals surface area contributed by atoms with E-state index in [0.29, 0.717) is 5.56 Å². The molecule has 0 aliphatic heterocycles. The number of aliphatic hydroxyl groups excluding tert-OH is 1. The molecule has 0 spiro atoms. The first-order valence-electron chi connectivity index (χ1n) is 10.8. The average molecular weight is 502 g/mol. The highest BCUT2D eigenvalue weighted by Crippen LogP contribution is 2.26. The highest BCUT2D eigenvalue weighted by atomic mass is 32.2. The molecule has 10 nitrogen and oxygen atoms in total. The highest BCUT2D eigenvalue weighted by molar-refractivity contribution is 7.86. The van der Waals surface area contributed by atoms with Gasteiger partial charge >= 0.3 is 11.9 Å². The van der Waals surface area contributed by atoms with Crippen molar-refractivity contribution in [1.29, 1.82) is 0 Å². The molecule has 0 fully saturated rings. The van der Waals surface area contributed by atoms with Crippen molar-refractivity contribution < 1.29 is 41.6 Å². The zero-order valence-electron chi connectivity index (χ0n) is 20.5. The number of benzene rings is 1. The van der Waals surface area contributed by atoms with Gasteiger partial charge in [-0.2, -0.15) is 8.42 Å². The van der Waals surface area contributed by atoms with Gasteiger partial charge in [0.1, 0.15) is 12.4 Å². The van der Waals surface area contributed by atoms with Crippen molar-refractivity contribution >= 4 is 28.0 Å². The molecule has 0 aromatic heterocycles. The summed E-state index contributed by atoms with van der Waals surface area (Å²) in [7, 11) is -3.92. The molecule has 0 radical (unpaired) electrons. The molecule has 1 rings (SSSR count). The highest BCUT2D eigenvalue weighted by Gasteiger charge is 2.37. The summed E-state index contributed by atoms with van der Waals surface area (Å²) in [6, 6.07) is 6.54. The van der Waals surface area contributed by atoms with E-state index in [0.717, 1.165) is 0 Å². The molecule has 0 saturated heterocycles. The van der Waals surface area contributed by atoms with Crippen LogP contribution < -0.4 is 10.1 Å². The van der Waals surface area contributed by atoms with Crippen molar-refractivity contribution in [3.63, 3.8) is 0 Å². The fourth-order valence-corrected chi connectivity index (χ4v) is 3.51. The lowest BCUT2D eigenvalue weighted by Crippen LogP contribution is -2.41. The Morgan fingerprint density at radius 1 is 1.09 bits per heavy atom. The molecule has 0 aliphatic rings. The summed E-state index contributed by atoms with van der Waals surface area (Å²) in [5.41, 5.74) is -1.58. The van der Waals surface area contributed by atoms with Gasteiger partial charge in [-0.1, -0.05) is 32.0 Å². The second-order valence-corrected chi connectivity index (χ2v) is 11.4. The number of hydrogen-bond donors (Lipinski definition) is 2. The molecule has 0 heterocycles. The van der Waals surface area contributed by atoms with Gasteiger partial charge in [-0.25, -0.2) is 4.79 Å². The summed E-state index contributed by atoms with van der Waals surface area (Å²) in [6.45, 7) is 8.85. The topological polar surface area (TPSA) is 145 Å². The number of rotatable bonds is 12. The number of amides is 1. The van der Waals surface area contributed by atoms with E-state index in [1.165, 1.54) is 20.8 Å². The maximum atomic E-state index is 12.4. The van der Waals surface area contributed by atoms with Gasteiger partial charge in [0.15, 0.2) is 6.10 Å². The van der Waals surface area contributed by atoms with Crippen LogP contribution in [0.3, 0.4) is 0 Å². The van der Waals surface area contributed by atoms with E-state index in [1.54, 1.807) is 45.0 Å². The summed E-state index contributed by atoms with van der Waals surface area (Å²) < 4.78 is 39.6. The van der Waals surface area contributed by atoms with Crippen LogP contribution in [0.25, 0.3) is 0 Å². The Kier molecular flexibility index (Phi) is 10.7. The van der Waals surface area contributed by atoms with Crippen LogP contribution in [0.4, 0.5) is 0 Å². The quantitative estimate of drug-likeness (QED) is 0.190. The second-order valence-electron chi connectivity index (χ2n) is 9.61. The molecule has 1 aromatic carbocycles. The van der Waals surface area contributed by atoms with Crippen LogP contribution >= 0.6 is 0 Å². The molecule has 1 amide bonds. The smallest absolute Gasteiger partial charge is 0.335 e. The fourth-order valence-electron chi connectivity index (χ4n) is 2.42. The van der Waals surface area contributed by atoms with Gasteiger partial charge in [0, 0.05) is 24.4 Å². The molecule has 1 atom stereocenters. The summed E-state index contributed by atoms with van der Waals surface area (Å²) >= 11 is 0. The van der Waals surface area contributed by atoms with Crippen molar-refractivity contribution in [2.75, 3.05) is 18.9 Å². The van der Waals surface area contributed by atoms with Gasteiger partial charge in [-0.15, -0.1) is 0 Å². The molecule has 2 N–H and O–H groups in total. The van der Waals surface area contributed by atoms with Gasteiger partial charge < -0.3 is 19.9 Å². The van der Waals surface area contributed by atoms with Crippen molar-refractivity contribution in [2.24, 2.45) is 10.8 Å². The van der Waals surface area contributed by atoms with Crippen LogP contribution in [0.1, 0.15) is 53.5 Å². The Bertz CT molecular complexity index is 965. The van der Waals surface area contributed by atoms with Gasteiger partial charge in [-0.05, 0) is 33.3 Å². The monoisotopic (exact) mass is 501 g/mol. The standard InChI is InChI=1S/C23H35NO9S/c1-16(25)24-12-9-13-34(29,30)32-15-23(5,6)19(26)20(27)31-14-17-10-7-8-11-18(17)33-21(28)22(2,3)4/h7-8,10-11,19,26H,9,12-15H2,1-6H3,(H,24,25)/t19-/m0/s1. The van der Waals surface area contributed by atoms with Crippen molar-refractivity contribution in [1.82, 2.24) is 5.32 Å². The fraction of sp³-hybridized carbons (Fsp3) is 0.609. The van der Waals surface area contributed by atoms with E-state index in [2.05, 4.69) is 5.32 Å². The van der Waals surface area contributed by atoms with Gasteiger partial charge in [0.25, 0.3) is 10.1 Å². The molecule has 0 bridgehead atoms. The third-order valence-electron chi connectivity index (χ3n) is 4.68. The van der Waals surface area contributed by atoms with Crippen molar-refractivity contribution in [3.8, 4) is 5.75 Å². The molecule has 0 aliphatic carbocycles. The van der Waals surface area contributed by atoms with E-state index in [-0.39, 0.29) is 37.0 Å². The number of esters is 2. The lowest BCUT2D eigenvalue weighted by Gasteiger charge is -2.28. The molecule has 192 valence electrons. The number of aliphatic hydroxyl groups is 1. The van der Waals surface area contributed by atoms with E-state index >= 15 is 0 Å². The SMILES string of the molecule is CC(=O)NCCCS(=O)(=O)OCC(C)(C)[C@@H](O)C(=O)OCc1ccccc1OC(=O)C(C)(C)C. The van der Waals surface area contributed by atoms with Crippen molar-refractivity contribution in [2.45, 2.75) is 60.7 Å². The van der Waals surface area contributed by atoms with Gasteiger partial charge in [0.2, 0.25) is 5.91 Å². The van der Waals surface area contributed by atoms with Crippen LogP contribution in [0.5, 0.6) is 5.75 Å². The predicted octanol–water partition coefficient (Wildman–Crippen LogP) is 1.94. The molecular weight excluding hydrogens is 466 g/mol. The maximum absolute atomic E-state index is 12.4. The summed E-state index contributed by atoms with van der Waals surface area (Å²) in [5.74, 6) is -1.79. The Morgan fingerprint density at radius 2 is 1.71 bits per heavy atom. The van der Waals surface area contributed by atoms with E-state index in [9.17, 15) is 27.9 Å². The first-order chi connectivity index (χ1) is 15.5. The van der Waals surface area contributed by atoms with Crippen LogP contribution in [-0.4, -0.2) is 56.4 Å². The maximum Gasteiger partial charge on any atom is 0.335 e. The lowest BCUT2D eigenvalue weighted by atomic mass is 9.88. The first kappa shape index (κ1) is 29.5. The lowest BCUT2D eigenvalue weighted by molar-refractivity contribution is -0.162. The number of carbonyl (C=O) groups is 3.